The molecular formula is C15H14F3NO. The smallest absolute Gasteiger partial charge is 0.360 e. The molecule has 0 radical (unpaired) electrons. The highest BCUT2D eigenvalue weighted by Gasteiger charge is 2.34. The van der Waals surface area contributed by atoms with Crippen molar-refractivity contribution in [2.75, 3.05) is 18.0 Å². The van der Waals surface area contributed by atoms with E-state index in [2.05, 4.69) is 5.92 Å². The largest absolute Gasteiger partial charge is 0.417 e. The predicted octanol–water partition coefficient (Wildman–Crippen LogP) is 3.37. The van der Waals surface area contributed by atoms with Crippen LogP contribution in [0.1, 0.15) is 28.8 Å². The van der Waals surface area contributed by atoms with E-state index in [9.17, 15) is 18.0 Å². The molecule has 1 fully saturated rings. The molecule has 1 aliphatic carbocycles. The molecule has 0 aliphatic heterocycles. The van der Waals surface area contributed by atoms with E-state index in [4.69, 9.17) is 6.42 Å². The van der Waals surface area contributed by atoms with E-state index < -0.39 is 11.7 Å². The Hall–Kier alpha value is -1.96. The summed E-state index contributed by atoms with van der Waals surface area (Å²) in [7, 11) is 0. The molecule has 5 heteroatoms. The molecule has 1 aromatic carbocycles. The lowest BCUT2D eigenvalue weighted by Gasteiger charge is -2.23. The van der Waals surface area contributed by atoms with Gasteiger partial charge >= 0.3 is 6.18 Å². The van der Waals surface area contributed by atoms with Gasteiger partial charge in [-0.1, -0.05) is 5.92 Å². The number of hydrogen-bond donors (Lipinski definition) is 0. The maximum atomic E-state index is 12.9. The lowest BCUT2D eigenvalue weighted by Crippen LogP contribution is -2.26. The number of nitrogens with zero attached hydrogens (tertiary/aromatic N) is 1. The molecule has 0 bridgehead atoms. The van der Waals surface area contributed by atoms with E-state index in [0.717, 1.165) is 18.9 Å². The average Bonchev–Trinajstić information content (AvgIpc) is 3.20. The van der Waals surface area contributed by atoms with Crippen LogP contribution in [0.25, 0.3) is 0 Å². The number of halogens is 3. The van der Waals surface area contributed by atoms with Crippen LogP contribution in [0.2, 0.25) is 0 Å². The van der Waals surface area contributed by atoms with Crippen LogP contribution in [0.4, 0.5) is 18.9 Å². The molecule has 1 saturated carbocycles. The van der Waals surface area contributed by atoms with Gasteiger partial charge in [0.05, 0.1) is 12.1 Å². The zero-order valence-electron chi connectivity index (χ0n) is 10.8. The molecule has 0 atom stereocenters. The van der Waals surface area contributed by atoms with Gasteiger partial charge in [-0.3, -0.25) is 4.79 Å². The number of anilines is 1. The summed E-state index contributed by atoms with van der Waals surface area (Å²) >= 11 is 0. The number of terminal acetylenes is 1. The van der Waals surface area contributed by atoms with Crippen molar-refractivity contribution in [2.24, 2.45) is 5.92 Å². The van der Waals surface area contributed by atoms with Gasteiger partial charge in [-0.05, 0) is 37.0 Å². The van der Waals surface area contributed by atoms with Crippen molar-refractivity contribution in [3.8, 4) is 12.3 Å². The van der Waals surface area contributed by atoms with Crippen LogP contribution in [0.5, 0.6) is 0 Å². The Kier molecular flexibility index (Phi) is 4.03. The first kappa shape index (κ1) is 14.4. The first-order valence-electron chi connectivity index (χ1n) is 6.30. The Labute approximate surface area is 115 Å². The third kappa shape index (κ3) is 3.32. The van der Waals surface area contributed by atoms with E-state index in [1.165, 1.54) is 12.1 Å². The number of hydrogen-bond acceptors (Lipinski definition) is 2. The van der Waals surface area contributed by atoms with Gasteiger partial charge < -0.3 is 4.90 Å². The maximum absolute atomic E-state index is 12.9. The van der Waals surface area contributed by atoms with Crippen LogP contribution in [-0.4, -0.2) is 19.4 Å². The molecule has 0 spiro atoms. The van der Waals surface area contributed by atoms with Gasteiger partial charge in [-0.2, -0.15) is 13.2 Å². The summed E-state index contributed by atoms with van der Waals surface area (Å²) in [6, 6.07) is 3.71. The fourth-order valence-corrected chi connectivity index (χ4v) is 2.07. The number of carbonyl (C=O) groups excluding carboxylic acids is 1. The van der Waals surface area contributed by atoms with Crippen LogP contribution >= 0.6 is 0 Å². The first-order valence-corrected chi connectivity index (χ1v) is 6.30. The van der Waals surface area contributed by atoms with Crippen LogP contribution in [0.15, 0.2) is 18.2 Å². The van der Waals surface area contributed by atoms with E-state index in [0.29, 0.717) is 18.2 Å². The van der Waals surface area contributed by atoms with E-state index in [1.54, 1.807) is 4.90 Å². The predicted molar refractivity (Wildman–Crippen MR) is 70.6 cm³/mol. The summed E-state index contributed by atoms with van der Waals surface area (Å²) in [4.78, 5) is 12.5. The molecule has 2 nitrogen and oxygen atoms in total. The van der Waals surface area contributed by atoms with Gasteiger partial charge in [-0.25, -0.2) is 0 Å². The fraction of sp³-hybridized carbons (Fsp3) is 0.400. The van der Waals surface area contributed by atoms with Gasteiger partial charge in [-0.15, -0.1) is 6.42 Å². The second-order valence-electron chi connectivity index (χ2n) is 4.92. The molecular weight excluding hydrogens is 267 g/mol. The van der Waals surface area contributed by atoms with Gasteiger partial charge in [0.25, 0.3) is 0 Å². The van der Waals surface area contributed by atoms with Crippen molar-refractivity contribution in [2.45, 2.75) is 19.0 Å². The van der Waals surface area contributed by atoms with Crippen molar-refractivity contribution in [1.82, 2.24) is 0 Å². The van der Waals surface area contributed by atoms with Crippen molar-refractivity contribution < 1.29 is 18.0 Å². The third-order valence-electron chi connectivity index (χ3n) is 3.29. The monoisotopic (exact) mass is 281 g/mol. The lowest BCUT2D eigenvalue weighted by atomic mass is 10.1. The third-order valence-corrected chi connectivity index (χ3v) is 3.29. The SMILES string of the molecule is C#CCN(CC1CC1)c1ccc(C=O)c(C(F)(F)F)c1. The summed E-state index contributed by atoms with van der Waals surface area (Å²) in [6.45, 7) is 0.913. The van der Waals surface area contributed by atoms with Crippen LogP contribution < -0.4 is 4.90 Å². The molecule has 0 aromatic heterocycles. The Balaban J connectivity index is 2.34. The highest BCUT2D eigenvalue weighted by molar-refractivity contribution is 5.79. The number of aldehydes is 1. The molecule has 2 rings (SSSR count). The number of rotatable bonds is 5. The Bertz CT molecular complexity index is 541. The van der Waals surface area contributed by atoms with Crippen molar-refractivity contribution >= 4 is 12.0 Å². The van der Waals surface area contributed by atoms with Crippen LogP contribution in [0, 0.1) is 18.3 Å². The maximum Gasteiger partial charge on any atom is 0.417 e. The Morgan fingerprint density at radius 2 is 2.10 bits per heavy atom. The lowest BCUT2D eigenvalue weighted by molar-refractivity contribution is -0.137. The summed E-state index contributed by atoms with van der Waals surface area (Å²) < 4.78 is 38.8. The topological polar surface area (TPSA) is 20.3 Å². The second-order valence-corrected chi connectivity index (χ2v) is 4.92. The molecule has 0 N–H and O–H groups in total. The van der Waals surface area contributed by atoms with Gasteiger partial charge in [0.2, 0.25) is 0 Å². The van der Waals surface area contributed by atoms with Crippen molar-refractivity contribution in [1.29, 1.82) is 0 Å². The average molecular weight is 281 g/mol. The fourth-order valence-electron chi connectivity index (χ4n) is 2.07. The van der Waals surface area contributed by atoms with E-state index in [1.807, 2.05) is 0 Å². The number of alkyl halides is 3. The molecule has 20 heavy (non-hydrogen) atoms. The minimum absolute atomic E-state index is 0.221. The zero-order chi connectivity index (χ0) is 14.8. The van der Waals surface area contributed by atoms with E-state index >= 15 is 0 Å². The minimum Gasteiger partial charge on any atom is -0.360 e. The summed E-state index contributed by atoms with van der Waals surface area (Å²) in [6.07, 6.45) is 3.11. The highest BCUT2D eigenvalue weighted by Crippen LogP contribution is 2.36. The van der Waals surface area contributed by atoms with Crippen LogP contribution in [0.3, 0.4) is 0 Å². The van der Waals surface area contributed by atoms with Crippen LogP contribution in [-0.2, 0) is 6.18 Å². The summed E-state index contributed by atoms with van der Waals surface area (Å²) in [5.74, 6) is 2.96. The molecule has 1 aliphatic rings. The molecule has 0 saturated heterocycles. The Morgan fingerprint density at radius 1 is 1.40 bits per heavy atom. The molecule has 0 heterocycles. The molecule has 106 valence electrons. The standard InChI is InChI=1S/C15H14F3NO/c1-2-7-19(9-11-3-4-11)13-6-5-12(10-20)14(8-13)15(16,17)18/h1,5-6,8,10-11H,3-4,7,9H2. The van der Waals surface area contributed by atoms with Crippen molar-refractivity contribution in [3.05, 3.63) is 29.3 Å². The summed E-state index contributed by atoms with van der Waals surface area (Å²) in [5.41, 5.74) is -0.857. The molecule has 0 amide bonds. The number of benzene rings is 1. The summed E-state index contributed by atoms with van der Waals surface area (Å²) in [5, 5.41) is 0. The van der Waals surface area contributed by atoms with E-state index in [-0.39, 0.29) is 18.4 Å². The first-order chi connectivity index (χ1) is 9.45. The van der Waals surface area contributed by atoms with Gasteiger partial charge in [0.15, 0.2) is 6.29 Å². The zero-order valence-corrected chi connectivity index (χ0v) is 10.8. The molecule has 1 aromatic rings. The second kappa shape index (κ2) is 5.58. The van der Waals surface area contributed by atoms with Gasteiger partial charge in [0, 0.05) is 17.8 Å². The van der Waals surface area contributed by atoms with Crippen molar-refractivity contribution in [3.63, 3.8) is 0 Å². The van der Waals surface area contributed by atoms with Gasteiger partial charge in [0.1, 0.15) is 0 Å². The normalized spacial score (nSPS) is 14.7. The molecule has 0 unspecified atom stereocenters. The number of carbonyl (C=O) groups is 1. The quantitative estimate of drug-likeness (QED) is 0.609. The minimum atomic E-state index is -4.55. The highest BCUT2D eigenvalue weighted by atomic mass is 19.4. The Morgan fingerprint density at radius 3 is 2.60 bits per heavy atom.